The minimum absolute atomic E-state index is 0.194. The van der Waals surface area contributed by atoms with Crippen molar-refractivity contribution in [3.63, 3.8) is 0 Å². The monoisotopic (exact) mass is 174 g/mol. The zero-order chi connectivity index (χ0) is 9.94. The van der Waals surface area contributed by atoms with Crippen molar-refractivity contribution in [1.29, 1.82) is 0 Å². The summed E-state index contributed by atoms with van der Waals surface area (Å²) in [6, 6.07) is -0.194. The van der Waals surface area contributed by atoms with Crippen LogP contribution in [-0.2, 0) is 0 Å². The van der Waals surface area contributed by atoms with Crippen molar-refractivity contribution in [2.75, 3.05) is 14.1 Å². The lowest BCUT2D eigenvalue weighted by Crippen LogP contribution is -2.53. The fourth-order valence-corrected chi connectivity index (χ4v) is 0.492. The maximum absolute atomic E-state index is 11.2. The number of aliphatic hydroxyl groups is 1. The van der Waals surface area contributed by atoms with Gasteiger partial charge in [0.1, 0.15) is 0 Å². The molecule has 0 rings (SSSR count). The standard InChI is InChI=1S/C8H18N2O2/c1-6(11)8(2,3)9-7(12)10(4)5/h6,11H,1-5H3,(H,9,12). The molecule has 0 aliphatic rings. The molecule has 0 aliphatic carbocycles. The molecule has 2 amide bonds. The van der Waals surface area contributed by atoms with E-state index < -0.39 is 11.6 Å². The number of hydrogen-bond donors (Lipinski definition) is 2. The van der Waals surface area contributed by atoms with E-state index >= 15 is 0 Å². The van der Waals surface area contributed by atoms with Crippen LogP contribution in [0.5, 0.6) is 0 Å². The first-order valence-corrected chi connectivity index (χ1v) is 3.95. The van der Waals surface area contributed by atoms with Crippen LogP contribution in [0.2, 0.25) is 0 Å². The number of rotatable bonds is 2. The van der Waals surface area contributed by atoms with Crippen LogP contribution in [0, 0.1) is 0 Å². The lowest BCUT2D eigenvalue weighted by Gasteiger charge is -2.30. The van der Waals surface area contributed by atoms with E-state index in [-0.39, 0.29) is 6.03 Å². The Morgan fingerprint density at radius 1 is 1.50 bits per heavy atom. The molecule has 0 spiro atoms. The summed E-state index contributed by atoms with van der Waals surface area (Å²) in [6.07, 6.45) is -0.568. The van der Waals surface area contributed by atoms with Gasteiger partial charge in [0.05, 0.1) is 11.6 Å². The SMILES string of the molecule is CC(O)C(C)(C)NC(=O)N(C)C. The number of hydrogen-bond acceptors (Lipinski definition) is 2. The molecule has 1 atom stereocenters. The molecular weight excluding hydrogens is 156 g/mol. The number of amides is 2. The third-order valence-corrected chi connectivity index (χ3v) is 1.88. The van der Waals surface area contributed by atoms with Gasteiger partial charge in [0.25, 0.3) is 0 Å². The number of carbonyl (C=O) groups excluding carboxylic acids is 1. The summed E-state index contributed by atoms with van der Waals surface area (Å²) in [5.41, 5.74) is -0.582. The summed E-state index contributed by atoms with van der Waals surface area (Å²) >= 11 is 0. The van der Waals surface area contributed by atoms with Crippen molar-refractivity contribution in [3.05, 3.63) is 0 Å². The van der Waals surface area contributed by atoms with Gasteiger partial charge in [-0.05, 0) is 20.8 Å². The maximum Gasteiger partial charge on any atom is 0.317 e. The lowest BCUT2D eigenvalue weighted by molar-refractivity contribution is 0.0974. The highest BCUT2D eigenvalue weighted by Gasteiger charge is 2.26. The van der Waals surface area contributed by atoms with Gasteiger partial charge in [-0.15, -0.1) is 0 Å². The minimum atomic E-state index is -0.582. The summed E-state index contributed by atoms with van der Waals surface area (Å²) < 4.78 is 0. The molecule has 0 aromatic heterocycles. The van der Waals surface area contributed by atoms with Crippen LogP contribution in [-0.4, -0.2) is 41.8 Å². The van der Waals surface area contributed by atoms with Gasteiger partial charge in [-0.1, -0.05) is 0 Å². The third-order valence-electron chi connectivity index (χ3n) is 1.88. The number of urea groups is 1. The zero-order valence-corrected chi connectivity index (χ0v) is 8.38. The summed E-state index contributed by atoms with van der Waals surface area (Å²) in [5.74, 6) is 0. The molecule has 0 saturated heterocycles. The topological polar surface area (TPSA) is 52.6 Å². The summed E-state index contributed by atoms with van der Waals surface area (Å²) in [4.78, 5) is 12.6. The minimum Gasteiger partial charge on any atom is -0.391 e. The molecule has 0 radical (unpaired) electrons. The fraction of sp³-hybridized carbons (Fsp3) is 0.875. The Morgan fingerprint density at radius 2 is 1.92 bits per heavy atom. The second kappa shape index (κ2) is 3.76. The molecule has 0 fully saturated rings. The number of carbonyl (C=O) groups is 1. The van der Waals surface area contributed by atoms with E-state index in [1.807, 2.05) is 0 Å². The molecule has 0 aromatic rings. The molecule has 12 heavy (non-hydrogen) atoms. The van der Waals surface area contributed by atoms with Crippen LogP contribution in [0.4, 0.5) is 4.79 Å². The van der Waals surface area contributed by atoms with E-state index in [9.17, 15) is 9.90 Å². The van der Waals surface area contributed by atoms with Crippen LogP contribution in [0.1, 0.15) is 20.8 Å². The second-order valence-electron chi connectivity index (χ2n) is 3.72. The van der Waals surface area contributed by atoms with Crippen LogP contribution >= 0.6 is 0 Å². The Morgan fingerprint density at radius 3 is 2.17 bits per heavy atom. The highest BCUT2D eigenvalue weighted by atomic mass is 16.3. The molecule has 0 aliphatic heterocycles. The van der Waals surface area contributed by atoms with Crippen LogP contribution in [0.25, 0.3) is 0 Å². The van der Waals surface area contributed by atoms with Gasteiger partial charge in [0.2, 0.25) is 0 Å². The predicted octanol–water partition coefficient (Wildman–Crippen LogP) is 0.417. The van der Waals surface area contributed by atoms with Gasteiger partial charge in [0.15, 0.2) is 0 Å². The van der Waals surface area contributed by atoms with Crippen molar-refractivity contribution in [1.82, 2.24) is 10.2 Å². The molecule has 2 N–H and O–H groups in total. The van der Waals surface area contributed by atoms with Crippen molar-refractivity contribution in [3.8, 4) is 0 Å². The lowest BCUT2D eigenvalue weighted by atomic mass is 9.99. The van der Waals surface area contributed by atoms with E-state index in [2.05, 4.69) is 5.32 Å². The Hall–Kier alpha value is -0.770. The molecule has 4 heteroatoms. The van der Waals surface area contributed by atoms with E-state index in [0.29, 0.717) is 0 Å². The predicted molar refractivity (Wildman–Crippen MR) is 48.0 cm³/mol. The van der Waals surface area contributed by atoms with Crippen molar-refractivity contribution in [2.45, 2.75) is 32.4 Å². The van der Waals surface area contributed by atoms with Gasteiger partial charge in [0, 0.05) is 14.1 Å². The van der Waals surface area contributed by atoms with E-state index in [1.165, 1.54) is 4.90 Å². The van der Waals surface area contributed by atoms with Crippen molar-refractivity contribution >= 4 is 6.03 Å². The van der Waals surface area contributed by atoms with Crippen LogP contribution in [0.3, 0.4) is 0 Å². The van der Waals surface area contributed by atoms with Gasteiger partial charge in [-0.2, -0.15) is 0 Å². The Balaban J connectivity index is 4.15. The summed E-state index contributed by atoms with van der Waals surface area (Å²) in [6.45, 7) is 5.20. The van der Waals surface area contributed by atoms with E-state index in [4.69, 9.17) is 0 Å². The third kappa shape index (κ3) is 3.09. The van der Waals surface area contributed by atoms with E-state index in [1.54, 1.807) is 34.9 Å². The van der Waals surface area contributed by atoms with Gasteiger partial charge in [-0.25, -0.2) is 4.79 Å². The molecule has 4 nitrogen and oxygen atoms in total. The Labute approximate surface area is 73.6 Å². The van der Waals surface area contributed by atoms with Crippen molar-refractivity contribution < 1.29 is 9.90 Å². The molecular formula is C8H18N2O2. The average molecular weight is 174 g/mol. The summed E-state index contributed by atoms with van der Waals surface area (Å²) in [7, 11) is 3.32. The first-order valence-electron chi connectivity index (χ1n) is 3.95. The smallest absolute Gasteiger partial charge is 0.317 e. The largest absolute Gasteiger partial charge is 0.391 e. The van der Waals surface area contributed by atoms with Gasteiger partial charge >= 0.3 is 6.03 Å². The molecule has 72 valence electrons. The quantitative estimate of drug-likeness (QED) is 0.637. The Kier molecular flexibility index (Phi) is 3.52. The average Bonchev–Trinajstić information content (AvgIpc) is 1.85. The normalized spacial score (nSPS) is 13.8. The molecule has 0 aromatic carbocycles. The number of nitrogens with zero attached hydrogens (tertiary/aromatic N) is 1. The molecule has 1 unspecified atom stereocenters. The molecule has 0 saturated carbocycles. The fourth-order valence-electron chi connectivity index (χ4n) is 0.492. The zero-order valence-electron chi connectivity index (χ0n) is 8.38. The highest BCUT2D eigenvalue weighted by Crippen LogP contribution is 2.08. The first kappa shape index (κ1) is 11.2. The van der Waals surface area contributed by atoms with Gasteiger partial charge < -0.3 is 15.3 Å². The van der Waals surface area contributed by atoms with Gasteiger partial charge in [-0.3, -0.25) is 0 Å². The summed E-state index contributed by atoms with van der Waals surface area (Å²) in [5, 5.41) is 12.0. The van der Waals surface area contributed by atoms with Crippen LogP contribution < -0.4 is 5.32 Å². The highest BCUT2D eigenvalue weighted by molar-refractivity contribution is 5.74. The number of aliphatic hydroxyl groups excluding tert-OH is 1. The first-order chi connectivity index (χ1) is 5.27. The van der Waals surface area contributed by atoms with Crippen LogP contribution in [0.15, 0.2) is 0 Å². The second-order valence-corrected chi connectivity index (χ2v) is 3.72. The Bertz CT molecular complexity index is 164. The molecule has 0 bridgehead atoms. The number of nitrogens with one attached hydrogen (secondary N) is 1. The van der Waals surface area contributed by atoms with Crippen molar-refractivity contribution in [2.24, 2.45) is 0 Å². The van der Waals surface area contributed by atoms with E-state index in [0.717, 1.165) is 0 Å². The molecule has 0 heterocycles. The maximum atomic E-state index is 11.2.